The van der Waals surface area contributed by atoms with E-state index in [1.807, 2.05) is 0 Å². The largest absolute Gasteiger partial charge is 1.00 e. The number of anilines is 1. The van der Waals surface area contributed by atoms with Crippen molar-refractivity contribution in [3.63, 3.8) is 0 Å². The van der Waals surface area contributed by atoms with Gasteiger partial charge in [0, 0.05) is 12.3 Å². The van der Waals surface area contributed by atoms with Gasteiger partial charge in [-0.05, 0) is 0 Å². The molecule has 164 valence electrons. The van der Waals surface area contributed by atoms with Gasteiger partial charge in [-0.2, -0.15) is 0 Å². The SMILES string of the molecule is CON=C(C(=O)N[C@@H]1C(=O)N(S(=O)(=O)[O-])[C@H]1SC(C)=O)c1csc(NC(=O)CCl)n1.[Na+]. The minimum Gasteiger partial charge on any atom is -0.731 e. The summed E-state index contributed by atoms with van der Waals surface area (Å²) >= 11 is 6.73. The van der Waals surface area contributed by atoms with Crippen LogP contribution in [-0.4, -0.2) is 75.2 Å². The zero-order chi connectivity index (χ0) is 22.6. The van der Waals surface area contributed by atoms with Gasteiger partial charge in [0.15, 0.2) is 26.3 Å². The minimum absolute atomic E-state index is 0. The number of nitrogens with zero attached hydrogens (tertiary/aromatic N) is 3. The number of hydrogen-bond donors (Lipinski definition) is 2. The van der Waals surface area contributed by atoms with Crippen molar-refractivity contribution in [2.24, 2.45) is 5.16 Å². The molecule has 3 amide bonds. The maximum atomic E-state index is 12.6. The maximum Gasteiger partial charge on any atom is 1.00 e. The molecule has 0 aromatic carbocycles. The van der Waals surface area contributed by atoms with Gasteiger partial charge in [-0.15, -0.1) is 22.9 Å². The summed E-state index contributed by atoms with van der Waals surface area (Å²) in [5.41, 5.74) is -0.428. The number of thioether (sulfide) groups is 1. The van der Waals surface area contributed by atoms with Crippen molar-refractivity contribution in [3.8, 4) is 0 Å². The standard InChI is InChI=1S/C13H14ClN5O8S3.Na/c1-5(20)29-12-9(11(23)19(12)30(24,25)26)17-10(22)8(18-27-2)6-4-28-13(15-6)16-7(21)3-14;/h4,9,12H,3H2,1-2H3,(H,17,22)(H,15,16,21)(H,24,25,26);/q;+1/p-1/t9-,12+;/m1./s1. The summed E-state index contributed by atoms with van der Waals surface area (Å²) in [4.78, 5) is 55.9. The second kappa shape index (κ2) is 11.6. The third-order valence-corrected chi connectivity index (χ3v) is 6.41. The molecule has 0 spiro atoms. The van der Waals surface area contributed by atoms with E-state index in [2.05, 4.69) is 25.6 Å². The summed E-state index contributed by atoms with van der Waals surface area (Å²) in [5, 5.41) is 7.56. The Balaban J connectivity index is 0.00000480. The number of nitrogens with one attached hydrogen (secondary N) is 2. The Kier molecular flexibility index (Phi) is 10.3. The molecule has 1 fully saturated rings. The van der Waals surface area contributed by atoms with Crippen LogP contribution in [-0.2, 0) is 34.3 Å². The topological polar surface area (TPSA) is 187 Å². The number of rotatable bonds is 8. The van der Waals surface area contributed by atoms with Crippen LogP contribution in [0.4, 0.5) is 5.13 Å². The molecule has 2 N–H and O–H groups in total. The van der Waals surface area contributed by atoms with Crippen LogP contribution in [0.3, 0.4) is 0 Å². The molecule has 18 heteroatoms. The van der Waals surface area contributed by atoms with Crippen LogP contribution in [0.25, 0.3) is 0 Å². The molecule has 2 rings (SSSR count). The monoisotopic (exact) mass is 521 g/mol. The van der Waals surface area contributed by atoms with Gasteiger partial charge in [-0.1, -0.05) is 16.9 Å². The Hall–Kier alpha value is -1.27. The number of halogens is 1. The predicted molar refractivity (Wildman–Crippen MR) is 106 cm³/mol. The third-order valence-electron chi connectivity index (χ3n) is 3.33. The molecule has 2 heterocycles. The second-order valence-corrected chi connectivity index (χ2v) is 9.05. The van der Waals surface area contributed by atoms with Crippen molar-refractivity contribution in [2.45, 2.75) is 18.3 Å². The van der Waals surface area contributed by atoms with Crippen molar-refractivity contribution >= 4 is 78.7 Å². The number of alkyl halides is 1. The summed E-state index contributed by atoms with van der Waals surface area (Å²) < 4.78 is 33.7. The Bertz CT molecular complexity index is 1020. The van der Waals surface area contributed by atoms with Crippen LogP contribution in [0.15, 0.2) is 10.5 Å². The van der Waals surface area contributed by atoms with Gasteiger partial charge in [-0.3, -0.25) is 19.2 Å². The van der Waals surface area contributed by atoms with E-state index in [0.29, 0.717) is 11.8 Å². The molecule has 1 aromatic rings. The van der Waals surface area contributed by atoms with E-state index >= 15 is 0 Å². The third kappa shape index (κ3) is 6.85. The number of thiazole rings is 1. The fourth-order valence-electron chi connectivity index (χ4n) is 2.19. The Morgan fingerprint density at radius 3 is 2.61 bits per heavy atom. The fraction of sp³-hybridized carbons (Fsp3) is 0.385. The molecule has 0 saturated carbocycles. The predicted octanol–water partition coefficient (Wildman–Crippen LogP) is -3.93. The number of carbonyl (C=O) groups is 4. The average Bonchev–Trinajstić information content (AvgIpc) is 3.09. The van der Waals surface area contributed by atoms with E-state index < -0.39 is 50.3 Å². The van der Waals surface area contributed by atoms with Crippen LogP contribution < -0.4 is 40.2 Å². The van der Waals surface area contributed by atoms with Gasteiger partial charge >= 0.3 is 29.6 Å². The summed E-state index contributed by atoms with van der Waals surface area (Å²) in [6, 6.07) is -1.48. The molecule has 13 nitrogen and oxygen atoms in total. The number of hydrogen-bond acceptors (Lipinski definition) is 12. The van der Waals surface area contributed by atoms with E-state index in [1.165, 1.54) is 5.38 Å². The molecule has 0 aliphatic carbocycles. The molecule has 1 aliphatic heterocycles. The van der Waals surface area contributed by atoms with Crippen molar-refractivity contribution in [1.82, 2.24) is 14.6 Å². The van der Waals surface area contributed by atoms with E-state index in [-0.39, 0.29) is 50.6 Å². The van der Waals surface area contributed by atoms with Crippen molar-refractivity contribution in [1.29, 1.82) is 0 Å². The van der Waals surface area contributed by atoms with E-state index in [1.54, 1.807) is 0 Å². The van der Waals surface area contributed by atoms with Crippen LogP contribution in [0.5, 0.6) is 0 Å². The molecular weight excluding hydrogens is 509 g/mol. The van der Waals surface area contributed by atoms with Crippen LogP contribution >= 0.6 is 34.7 Å². The molecule has 1 aliphatic rings. The number of β-lactam (4-membered cyclic amide) rings is 1. The van der Waals surface area contributed by atoms with Gasteiger partial charge < -0.3 is 20.0 Å². The molecule has 0 radical (unpaired) electrons. The van der Waals surface area contributed by atoms with E-state index in [9.17, 15) is 32.1 Å². The normalized spacial score (nSPS) is 18.5. The van der Waals surface area contributed by atoms with Crippen molar-refractivity contribution in [2.75, 3.05) is 18.3 Å². The Labute approximate surface area is 211 Å². The zero-order valence-electron chi connectivity index (χ0n) is 16.1. The Morgan fingerprint density at radius 2 is 2.10 bits per heavy atom. The molecule has 0 unspecified atom stereocenters. The van der Waals surface area contributed by atoms with Gasteiger partial charge in [0.2, 0.25) is 5.91 Å². The quantitative estimate of drug-likeness (QED) is 0.0853. The van der Waals surface area contributed by atoms with Crippen molar-refractivity contribution in [3.05, 3.63) is 11.1 Å². The zero-order valence-corrected chi connectivity index (χ0v) is 21.4. The molecule has 31 heavy (non-hydrogen) atoms. The molecular formula is C13H13ClN5NaO8S3. The molecule has 1 saturated heterocycles. The number of amides is 3. The first kappa shape index (κ1) is 27.8. The maximum absolute atomic E-state index is 12.6. The first-order chi connectivity index (χ1) is 14.0. The summed E-state index contributed by atoms with van der Waals surface area (Å²) in [6.45, 7) is 1.10. The van der Waals surface area contributed by atoms with Gasteiger partial charge in [0.25, 0.3) is 11.8 Å². The molecule has 0 bridgehead atoms. The molecule has 2 atom stereocenters. The number of oxime groups is 1. The summed E-state index contributed by atoms with van der Waals surface area (Å²) in [6.07, 6.45) is 0. The summed E-state index contributed by atoms with van der Waals surface area (Å²) in [5.74, 6) is -3.04. The minimum atomic E-state index is -5.18. The van der Waals surface area contributed by atoms with E-state index in [0.717, 1.165) is 25.4 Å². The fourth-order valence-corrected chi connectivity index (χ4v) is 4.99. The van der Waals surface area contributed by atoms with Crippen LogP contribution in [0.2, 0.25) is 0 Å². The first-order valence-corrected chi connectivity index (χ1v) is 11.4. The van der Waals surface area contributed by atoms with Gasteiger partial charge in [0.05, 0.1) is 0 Å². The van der Waals surface area contributed by atoms with Crippen LogP contribution in [0, 0.1) is 0 Å². The number of aromatic nitrogens is 1. The van der Waals surface area contributed by atoms with Gasteiger partial charge in [-0.25, -0.2) is 17.7 Å². The van der Waals surface area contributed by atoms with Crippen LogP contribution in [0.1, 0.15) is 12.6 Å². The van der Waals surface area contributed by atoms with Gasteiger partial charge in [0.1, 0.15) is 30.1 Å². The average molecular weight is 522 g/mol. The first-order valence-electron chi connectivity index (χ1n) is 7.69. The second-order valence-electron chi connectivity index (χ2n) is 5.39. The summed E-state index contributed by atoms with van der Waals surface area (Å²) in [7, 11) is -4.04. The Morgan fingerprint density at radius 1 is 1.45 bits per heavy atom. The molecule has 1 aromatic heterocycles. The smallest absolute Gasteiger partial charge is 0.731 e. The van der Waals surface area contributed by atoms with Crippen molar-refractivity contribution < 1.29 is 66.5 Å². The van der Waals surface area contributed by atoms with E-state index in [4.69, 9.17) is 11.6 Å². The number of carbonyl (C=O) groups excluding carboxylic acids is 4.